The third kappa shape index (κ3) is 2.54. The molecule has 3 aromatic rings. The van der Waals surface area contributed by atoms with Gasteiger partial charge < -0.3 is 10.4 Å². The third-order valence-electron chi connectivity index (χ3n) is 3.17. The largest absolute Gasteiger partial charge is 0.507 e. The zero-order valence-electron chi connectivity index (χ0n) is 11.8. The standard InChI is InChI=1S/C16H16ClN3O/c1-10(2)18-16-15(12-5-3-4-6-13(12)21)19-14-8-7-11(17)9-20(14)16/h3-10,18,21H,1-2H3. The molecule has 0 fully saturated rings. The van der Waals surface area contributed by atoms with Crippen molar-refractivity contribution >= 4 is 23.1 Å². The van der Waals surface area contributed by atoms with E-state index in [0.29, 0.717) is 16.3 Å². The van der Waals surface area contributed by atoms with Gasteiger partial charge in [-0.05, 0) is 38.1 Å². The number of hydrogen-bond donors (Lipinski definition) is 2. The summed E-state index contributed by atoms with van der Waals surface area (Å²) in [6, 6.07) is 11.1. The van der Waals surface area contributed by atoms with Gasteiger partial charge in [0, 0.05) is 17.8 Å². The van der Waals surface area contributed by atoms with Crippen molar-refractivity contribution in [1.29, 1.82) is 0 Å². The molecule has 0 aliphatic rings. The molecule has 0 unspecified atom stereocenters. The van der Waals surface area contributed by atoms with Crippen LogP contribution in [0.1, 0.15) is 13.8 Å². The highest BCUT2D eigenvalue weighted by Crippen LogP contribution is 2.35. The highest BCUT2D eigenvalue weighted by atomic mass is 35.5. The number of hydrogen-bond acceptors (Lipinski definition) is 3. The van der Waals surface area contributed by atoms with E-state index in [-0.39, 0.29) is 11.8 Å². The minimum atomic E-state index is 0.207. The molecule has 0 atom stereocenters. The van der Waals surface area contributed by atoms with Crippen LogP contribution < -0.4 is 5.32 Å². The number of aromatic nitrogens is 2. The Morgan fingerprint density at radius 1 is 1.19 bits per heavy atom. The summed E-state index contributed by atoms with van der Waals surface area (Å²) >= 11 is 6.09. The highest BCUT2D eigenvalue weighted by Gasteiger charge is 2.17. The maximum atomic E-state index is 10.1. The van der Waals surface area contributed by atoms with E-state index < -0.39 is 0 Å². The Morgan fingerprint density at radius 2 is 1.95 bits per heavy atom. The van der Waals surface area contributed by atoms with Crippen LogP contribution in [0.2, 0.25) is 5.02 Å². The normalized spacial score (nSPS) is 11.2. The van der Waals surface area contributed by atoms with Crippen LogP contribution in [-0.2, 0) is 0 Å². The predicted octanol–water partition coefficient (Wildman–Crippen LogP) is 4.18. The van der Waals surface area contributed by atoms with Gasteiger partial charge in [0.15, 0.2) is 0 Å². The molecule has 0 amide bonds. The fourth-order valence-corrected chi connectivity index (χ4v) is 2.45. The number of nitrogens with zero attached hydrogens (tertiary/aromatic N) is 2. The van der Waals surface area contributed by atoms with E-state index in [1.54, 1.807) is 18.2 Å². The summed E-state index contributed by atoms with van der Waals surface area (Å²) in [6.07, 6.45) is 1.82. The number of imidazole rings is 1. The molecule has 0 radical (unpaired) electrons. The van der Waals surface area contributed by atoms with Gasteiger partial charge in [-0.3, -0.25) is 4.40 Å². The number of phenols is 1. The van der Waals surface area contributed by atoms with E-state index in [1.807, 2.05) is 28.8 Å². The van der Waals surface area contributed by atoms with E-state index >= 15 is 0 Å². The average molecular weight is 302 g/mol. The second kappa shape index (κ2) is 5.30. The zero-order chi connectivity index (χ0) is 15.0. The number of pyridine rings is 1. The van der Waals surface area contributed by atoms with Crippen LogP contribution in [0.4, 0.5) is 5.82 Å². The lowest BCUT2D eigenvalue weighted by Gasteiger charge is -2.12. The molecule has 0 spiro atoms. The van der Waals surface area contributed by atoms with Crippen LogP contribution in [0.15, 0.2) is 42.6 Å². The number of aromatic hydroxyl groups is 1. The number of fused-ring (bicyclic) bond motifs is 1. The lowest BCUT2D eigenvalue weighted by atomic mass is 10.1. The number of benzene rings is 1. The SMILES string of the molecule is CC(C)Nc1c(-c2ccccc2O)nc2ccc(Cl)cn12. The molecule has 108 valence electrons. The number of para-hydroxylation sites is 1. The van der Waals surface area contributed by atoms with Gasteiger partial charge in [-0.1, -0.05) is 23.7 Å². The van der Waals surface area contributed by atoms with Crippen molar-refractivity contribution in [2.75, 3.05) is 5.32 Å². The molecule has 5 heteroatoms. The molecule has 0 bridgehead atoms. The Kier molecular flexibility index (Phi) is 3.47. The summed E-state index contributed by atoms with van der Waals surface area (Å²) in [5, 5.41) is 14.1. The molecule has 0 aliphatic heterocycles. The Labute approximate surface area is 128 Å². The van der Waals surface area contributed by atoms with Gasteiger partial charge in [0.1, 0.15) is 22.9 Å². The molecule has 0 aliphatic carbocycles. The number of nitrogens with one attached hydrogen (secondary N) is 1. The van der Waals surface area contributed by atoms with Crippen molar-refractivity contribution in [2.24, 2.45) is 0 Å². The average Bonchev–Trinajstić information content (AvgIpc) is 2.77. The summed E-state index contributed by atoms with van der Waals surface area (Å²) < 4.78 is 1.91. The molecule has 21 heavy (non-hydrogen) atoms. The third-order valence-corrected chi connectivity index (χ3v) is 3.39. The molecule has 2 heterocycles. The molecular weight excluding hydrogens is 286 g/mol. The minimum Gasteiger partial charge on any atom is -0.507 e. The van der Waals surface area contributed by atoms with E-state index in [4.69, 9.17) is 11.6 Å². The molecule has 4 nitrogen and oxygen atoms in total. The molecule has 0 saturated carbocycles. The minimum absolute atomic E-state index is 0.207. The fourth-order valence-electron chi connectivity index (χ4n) is 2.29. The van der Waals surface area contributed by atoms with E-state index in [9.17, 15) is 5.11 Å². The first-order valence-electron chi connectivity index (χ1n) is 6.79. The van der Waals surface area contributed by atoms with Crippen LogP contribution in [0.5, 0.6) is 5.75 Å². The molecule has 1 aromatic carbocycles. The summed E-state index contributed by atoms with van der Waals surface area (Å²) in [4.78, 5) is 4.62. The topological polar surface area (TPSA) is 49.6 Å². The summed E-state index contributed by atoms with van der Waals surface area (Å²) in [6.45, 7) is 4.11. The van der Waals surface area contributed by atoms with Gasteiger partial charge in [0.25, 0.3) is 0 Å². The van der Waals surface area contributed by atoms with Crippen LogP contribution >= 0.6 is 11.6 Å². The summed E-state index contributed by atoms with van der Waals surface area (Å²) in [5.41, 5.74) is 2.19. The lowest BCUT2D eigenvalue weighted by Crippen LogP contribution is -2.12. The second-order valence-corrected chi connectivity index (χ2v) is 5.64. The molecule has 2 N–H and O–H groups in total. The van der Waals surface area contributed by atoms with Gasteiger partial charge in [-0.15, -0.1) is 0 Å². The summed E-state index contributed by atoms with van der Waals surface area (Å²) in [5.74, 6) is 1.03. The molecular formula is C16H16ClN3O. The number of phenolic OH excluding ortho intramolecular Hbond substituents is 1. The quantitative estimate of drug-likeness (QED) is 0.763. The van der Waals surface area contributed by atoms with Crippen LogP contribution in [-0.4, -0.2) is 20.5 Å². The van der Waals surface area contributed by atoms with E-state index in [1.165, 1.54) is 0 Å². The number of halogens is 1. The summed E-state index contributed by atoms with van der Waals surface area (Å²) in [7, 11) is 0. The number of rotatable bonds is 3. The zero-order valence-corrected chi connectivity index (χ0v) is 12.6. The van der Waals surface area contributed by atoms with Crippen molar-refractivity contribution in [1.82, 2.24) is 9.38 Å². The van der Waals surface area contributed by atoms with Gasteiger partial charge in [-0.2, -0.15) is 0 Å². The van der Waals surface area contributed by atoms with Crippen molar-refractivity contribution in [3.63, 3.8) is 0 Å². The predicted molar refractivity (Wildman–Crippen MR) is 86.1 cm³/mol. The first-order chi connectivity index (χ1) is 10.1. The highest BCUT2D eigenvalue weighted by molar-refractivity contribution is 6.30. The van der Waals surface area contributed by atoms with E-state index in [0.717, 1.165) is 11.5 Å². The van der Waals surface area contributed by atoms with Crippen LogP contribution in [0.3, 0.4) is 0 Å². The maximum absolute atomic E-state index is 10.1. The fraction of sp³-hybridized carbons (Fsp3) is 0.188. The second-order valence-electron chi connectivity index (χ2n) is 5.20. The van der Waals surface area contributed by atoms with Gasteiger partial charge in [0.2, 0.25) is 0 Å². The Balaban J connectivity index is 2.29. The molecule has 0 saturated heterocycles. The van der Waals surface area contributed by atoms with Crippen LogP contribution in [0, 0.1) is 0 Å². The van der Waals surface area contributed by atoms with Gasteiger partial charge in [-0.25, -0.2) is 4.98 Å². The van der Waals surface area contributed by atoms with Crippen molar-refractivity contribution in [3.8, 4) is 17.0 Å². The number of anilines is 1. The van der Waals surface area contributed by atoms with Gasteiger partial charge in [0.05, 0.1) is 5.02 Å². The first-order valence-corrected chi connectivity index (χ1v) is 7.16. The first kappa shape index (κ1) is 13.8. The van der Waals surface area contributed by atoms with Crippen LogP contribution in [0.25, 0.3) is 16.9 Å². The monoisotopic (exact) mass is 301 g/mol. The smallest absolute Gasteiger partial charge is 0.139 e. The Hall–Kier alpha value is -2.20. The maximum Gasteiger partial charge on any atom is 0.139 e. The van der Waals surface area contributed by atoms with E-state index in [2.05, 4.69) is 24.1 Å². The van der Waals surface area contributed by atoms with Crippen molar-refractivity contribution in [2.45, 2.75) is 19.9 Å². The van der Waals surface area contributed by atoms with Crippen molar-refractivity contribution in [3.05, 3.63) is 47.6 Å². The van der Waals surface area contributed by atoms with Crippen molar-refractivity contribution < 1.29 is 5.11 Å². The molecule has 2 aromatic heterocycles. The molecule has 3 rings (SSSR count). The Morgan fingerprint density at radius 3 is 2.67 bits per heavy atom. The van der Waals surface area contributed by atoms with Gasteiger partial charge >= 0.3 is 0 Å². The Bertz CT molecular complexity index is 795. The lowest BCUT2D eigenvalue weighted by molar-refractivity contribution is 0.477.